The van der Waals surface area contributed by atoms with E-state index in [4.69, 9.17) is 4.52 Å². The van der Waals surface area contributed by atoms with E-state index < -0.39 is 11.7 Å². The topological polar surface area (TPSA) is 68.0 Å². The van der Waals surface area contributed by atoms with Crippen molar-refractivity contribution < 1.29 is 13.7 Å². The Labute approximate surface area is 111 Å². The lowest BCUT2D eigenvalue weighted by Gasteiger charge is -2.04. The van der Waals surface area contributed by atoms with Gasteiger partial charge >= 0.3 is 0 Å². The number of nitrogens with one attached hydrogen (secondary N) is 1. The number of hydrogen-bond donors (Lipinski definition) is 1. The summed E-state index contributed by atoms with van der Waals surface area (Å²) in [5, 5.41) is 6.21. The zero-order chi connectivity index (χ0) is 13.1. The third kappa shape index (κ3) is 2.92. The number of carbonyl (C=O) groups is 1. The molecule has 2 aromatic rings. The lowest BCUT2D eigenvalue weighted by Crippen LogP contribution is -2.23. The summed E-state index contributed by atoms with van der Waals surface area (Å²) in [4.78, 5) is 15.7. The van der Waals surface area contributed by atoms with Crippen LogP contribution in [-0.4, -0.2) is 16.0 Å². The van der Waals surface area contributed by atoms with Crippen molar-refractivity contribution in [3.63, 3.8) is 0 Å². The molecule has 94 valence electrons. The van der Waals surface area contributed by atoms with Crippen LogP contribution in [-0.2, 0) is 6.54 Å². The lowest BCUT2D eigenvalue weighted by molar-refractivity contribution is 0.0948. The van der Waals surface area contributed by atoms with Crippen LogP contribution in [0.4, 0.5) is 4.39 Å². The molecule has 0 aliphatic carbocycles. The summed E-state index contributed by atoms with van der Waals surface area (Å²) >= 11 is 3.18. The first-order chi connectivity index (χ1) is 8.56. The number of aryl methyl sites for hydroxylation is 1. The van der Waals surface area contributed by atoms with Crippen LogP contribution in [0.5, 0.6) is 0 Å². The van der Waals surface area contributed by atoms with E-state index >= 15 is 0 Å². The Kier molecular flexibility index (Phi) is 3.71. The third-order valence-corrected chi connectivity index (χ3v) is 2.84. The summed E-state index contributed by atoms with van der Waals surface area (Å²) in [6.07, 6.45) is 0. The molecular weight excluding hydrogens is 305 g/mol. The average molecular weight is 314 g/mol. The van der Waals surface area contributed by atoms with E-state index in [0.29, 0.717) is 16.2 Å². The molecular formula is C11H9BrFN3O2. The quantitative estimate of drug-likeness (QED) is 0.943. The Bertz CT molecular complexity index is 585. The third-order valence-electron chi connectivity index (χ3n) is 2.15. The molecule has 0 saturated carbocycles. The molecule has 0 saturated heterocycles. The van der Waals surface area contributed by atoms with Gasteiger partial charge in [0.1, 0.15) is 5.82 Å². The number of aromatic nitrogens is 2. The standard InChI is InChI=1S/C11H9BrFN3O2/c1-6-15-10(16-18-6)5-14-11(17)8-4-7(13)2-3-9(8)12/h2-4H,5H2,1H3,(H,14,17). The minimum absolute atomic E-state index is 0.124. The van der Waals surface area contributed by atoms with Gasteiger partial charge in [0.25, 0.3) is 5.91 Å². The maximum atomic E-state index is 13.0. The van der Waals surface area contributed by atoms with Gasteiger partial charge in [0.2, 0.25) is 5.89 Å². The van der Waals surface area contributed by atoms with E-state index in [1.54, 1.807) is 6.92 Å². The number of carbonyl (C=O) groups excluding carboxylic acids is 1. The van der Waals surface area contributed by atoms with Crippen LogP contribution in [0.25, 0.3) is 0 Å². The first kappa shape index (κ1) is 12.7. The second-order valence-electron chi connectivity index (χ2n) is 3.54. The predicted molar refractivity (Wildman–Crippen MR) is 64.3 cm³/mol. The van der Waals surface area contributed by atoms with Gasteiger partial charge in [-0.25, -0.2) is 4.39 Å². The summed E-state index contributed by atoms with van der Waals surface area (Å²) < 4.78 is 18.3. The van der Waals surface area contributed by atoms with Gasteiger partial charge in [-0.1, -0.05) is 5.16 Å². The fourth-order valence-electron chi connectivity index (χ4n) is 1.34. The molecule has 0 aliphatic rings. The molecule has 0 unspecified atom stereocenters. The molecule has 0 spiro atoms. The van der Waals surface area contributed by atoms with Crippen molar-refractivity contribution in [1.29, 1.82) is 0 Å². The minimum Gasteiger partial charge on any atom is -0.345 e. The van der Waals surface area contributed by atoms with Crippen LogP contribution in [0.2, 0.25) is 0 Å². The molecule has 0 bridgehead atoms. The molecule has 0 radical (unpaired) electrons. The maximum Gasteiger partial charge on any atom is 0.252 e. The number of halogens is 2. The van der Waals surface area contributed by atoms with Gasteiger partial charge in [-0.3, -0.25) is 4.79 Å². The summed E-state index contributed by atoms with van der Waals surface area (Å²) in [6.45, 7) is 1.78. The van der Waals surface area contributed by atoms with Gasteiger partial charge in [0.15, 0.2) is 5.82 Å². The first-order valence-electron chi connectivity index (χ1n) is 5.08. The van der Waals surface area contributed by atoms with Crippen molar-refractivity contribution in [3.05, 3.63) is 45.8 Å². The molecule has 0 fully saturated rings. The second kappa shape index (κ2) is 5.26. The molecule has 1 aromatic carbocycles. The number of hydrogen-bond acceptors (Lipinski definition) is 4. The Morgan fingerprint density at radius 3 is 3.00 bits per heavy atom. The highest BCUT2D eigenvalue weighted by molar-refractivity contribution is 9.10. The van der Waals surface area contributed by atoms with Crippen molar-refractivity contribution in [2.24, 2.45) is 0 Å². The molecule has 1 amide bonds. The molecule has 0 aliphatic heterocycles. The van der Waals surface area contributed by atoms with Crippen LogP contribution in [0.1, 0.15) is 22.1 Å². The molecule has 1 N–H and O–H groups in total. The van der Waals surface area contributed by atoms with Crippen LogP contribution in [0.3, 0.4) is 0 Å². The highest BCUT2D eigenvalue weighted by Crippen LogP contribution is 2.17. The summed E-state index contributed by atoms with van der Waals surface area (Å²) in [5.41, 5.74) is 0.218. The normalized spacial score (nSPS) is 10.4. The van der Waals surface area contributed by atoms with Gasteiger partial charge in [-0.2, -0.15) is 4.98 Å². The highest BCUT2D eigenvalue weighted by Gasteiger charge is 2.12. The first-order valence-corrected chi connectivity index (χ1v) is 5.88. The fourth-order valence-corrected chi connectivity index (χ4v) is 1.77. The fraction of sp³-hybridized carbons (Fsp3) is 0.182. The Balaban J connectivity index is 2.05. The number of benzene rings is 1. The summed E-state index contributed by atoms with van der Waals surface area (Å²) in [7, 11) is 0. The number of rotatable bonds is 3. The van der Waals surface area contributed by atoms with E-state index in [1.165, 1.54) is 12.1 Å². The Morgan fingerprint density at radius 2 is 2.33 bits per heavy atom. The smallest absolute Gasteiger partial charge is 0.252 e. The maximum absolute atomic E-state index is 13.0. The lowest BCUT2D eigenvalue weighted by atomic mass is 10.2. The minimum atomic E-state index is -0.473. The number of amides is 1. The average Bonchev–Trinajstić information content (AvgIpc) is 2.75. The summed E-state index contributed by atoms with van der Waals surface area (Å²) in [6, 6.07) is 3.90. The molecule has 0 atom stereocenters. The van der Waals surface area contributed by atoms with Crippen LogP contribution < -0.4 is 5.32 Å². The molecule has 7 heteroatoms. The molecule has 1 aromatic heterocycles. The van der Waals surface area contributed by atoms with Crippen molar-refractivity contribution in [2.45, 2.75) is 13.5 Å². The zero-order valence-corrected chi connectivity index (χ0v) is 11.0. The SMILES string of the molecule is Cc1nc(CNC(=O)c2cc(F)ccc2Br)no1. The van der Waals surface area contributed by atoms with Crippen molar-refractivity contribution >= 4 is 21.8 Å². The Hall–Kier alpha value is -1.76. The molecule has 18 heavy (non-hydrogen) atoms. The Morgan fingerprint density at radius 1 is 1.56 bits per heavy atom. The largest absolute Gasteiger partial charge is 0.345 e. The van der Waals surface area contributed by atoms with Gasteiger partial charge in [-0.15, -0.1) is 0 Å². The van der Waals surface area contributed by atoms with E-state index in [2.05, 4.69) is 31.4 Å². The summed E-state index contributed by atoms with van der Waals surface area (Å²) in [5.74, 6) is -0.0952. The zero-order valence-electron chi connectivity index (χ0n) is 9.41. The van der Waals surface area contributed by atoms with Crippen LogP contribution >= 0.6 is 15.9 Å². The van der Waals surface area contributed by atoms with Crippen LogP contribution in [0.15, 0.2) is 27.2 Å². The number of nitrogens with zero attached hydrogens (tertiary/aromatic N) is 2. The predicted octanol–water partition coefficient (Wildman–Crippen LogP) is 2.21. The van der Waals surface area contributed by atoms with Crippen LogP contribution in [0, 0.1) is 12.7 Å². The van der Waals surface area contributed by atoms with Crippen molar-refractivity contribution in [2.75, 3.05) is 0 Å². The van der Waals surface area contributed by atoms with Gasteiger partial charge in [0.05, 0.1) is 12.1 Å². The van der Waals surface area contributed by atoms with E-state index in [0.717, 1.165) is 6.07 Å². The second-order valence-corrected chi connectivity index (χ2v) is 4.39. The van der Waals surface area contributed by atoms with Gasteiger partial charge in [-0.05, 0) is 34.1 Å². The monoisotopic (exact) mass is 313 g/mol. The van der Waals surface area contributed by atoms with Gasteiger partial charge in [0, 0.05) is 11.4 Å². The molecule has 5 nitrogen and oxygen atoms in total. The van der Waals surface area contributed by atoms with E-state index in [1.807, 2.05) is 0 Å². The van der Waals surface area contributed by atoms with Crippen molar-refractivity contribution in [3.8, 4) is 0 Å². The highest BCUT2D eigenvalue weighted by atomic mass is 79.9. The van der Waals surface area contributed by atoms with Crippen molar-refractivity contribution in [1.82, 2.24) is 15.5 Å². The van der Waals surface area contributed by atoms with Gasteiger partial charge < -0.3 is 9.84 Å². The molecule has 1 heterocycles. The molecule has 2 rings (SSSR count). The van der Waals surface area contributed by atoms with E-state index in [9.17, 15) is 9.18 Å². The van der Waals surface area contributed by atoms with E-state index in [-0.39, 0.29) is 12.1 Å².